The molecule has 92 valence electrons. The van der Waals surface area contributed by atoms with Gasteiger partial charge in [-0.05, 0) is 5.56 Å². The molecular formula is C14H14N2O2. The molecule has 0 radical (unpaired) electrons. The molecular weight excluding hydrogens is 228 g/mol. The molecule has 2 amide bonds. The van der Waals surface area contributed by atoms with Crippen LogP contribution >= 0.6 is 0 Å². The molecule has 1 fully saturated rings. The molecule has 1 aromatic rings. The van der Waals surface area contributed by atoms with Crippen molar-refractivity contribution >= 4 is 11.8 Å². The maximum absolute atomic E-state index is 11.8. The summed E-state index contributed by atoms with van der Waals surface area (Å²) in [6.45, 7) is 1.90. The minimum absolute atomic E-state index is 0.155. The average molecular weight is 242 g/mol. The van der Waals surface area contributed by atoms with Gasteiger partial charge >= 0.3 is 0 Å². The summed E-state index contributed by atoms with van der Waals surface area (Å²) in [6, 6.07) is 11.4. The summed E-state index contributed by atoms with van der Waals surface area (Å²) in [5.41, 5.74) is 0.833. The third kappa shape index (κ3) is 2.25. The highest BCUT2D eigenvalue weighted by Crippen LogP contribution is 2.23. The van der Waals surface area contributed by atoms with Crippen LogP contribution in [0.5, 0.6) is 0 Å². The van der Waals surface area contributed by atoms with Crippen LogP contribution in [0.25, 0.3) is 0 Å². The van der Waals surface area contributed by atoms with E-state index in [1.54, 1.807) is 6.92 Å². The maximum atomic E-state index is 11.8. The van der Waals surface area contributed by atoms with Crippen LogP contribution in [-0.4, -0.2) is 23.3 Å². The van der Waals surface area contributed by atoms with E-state index in [-0.39, 0.29) is 30.7 Å². The molecule has 0 aliphatic carbocycles. The fourth-order valence-corrected chi connectivity index (χ4v) is 2.13. The molecule has 0 aromatic heterocycles. The van der Waals surface area contributed by atoms with E-state index in [4.69, 9.17) is 0 Å². The van der Waals surface area contributed by atoms with Gasteiger partial charge in [-0.15, -0.1) is 0 Å². The van der Waals surface area contributed by atoms with E-state index in [0.717, 1.165) is 5.56 Å². The van der Waals surface area contributed by atoms with Crippen molar-refractivity contribution in [3.63, 3.8) is 0 Å². The summed E-state index contributed by atoms with van der Waals surface area (Å²) in [5.74, 6) is -1.06. The Bertz CT molecular complexity index is 504. The normalized spacial score (nSPS) is 20.9. The number of imide groups is 1. The van der Waals surface area contributed by atoms with Crippen LogP contribution in [0.15, 0.2) is 30.3 Å². The Hall–Kier alpha value is -2.15. The smallest absolute Gasteiger partial charge is 0.232 e. The Balaban J connectivity index is 2.16. The molecule has 18 heavy (non-hydrogen) atoms. The summed E-state index contributed by atoms with van der Waals surface area (Å²) >= 11 is 0. The van der Waals surface area contributed by atoms with Crippen molar-refractivity contribution in [1.82, 2.24) is 4.90 Å². The van der Waals surface area contributed by atoms with Gasteiger partial charge in [-0.25, -0.2) is 0 Å². The predicted octanol–water partition coefficient (Wildman–Crippen LogP) is 1.69. The van der Waals surface area contributed by atoms with Gasteiger partial charge in [0.25, 0.3) is 0 Å². The first kappa shape index (κ1) is 12.3. The highest BCUT2D eigenvalue weighted by atomic mass is 16.2. The lowest BCUT2D eigenvalue weighted by Gasteiger charge is -2.18. The zero-order chi connectivity index (χ0) is 13.1. The van der Waals surface area contributed by atoms with Crippen LogP contribution in [0, 0.1) is 17.2 Å². The molecule has 2 rings (SSSR count). The van der Waals surface area contributed by atoms with Crippen LogP contribution in [0.4, 0.5) is 0 Å². The van der Waals surface area contributed by atoms with Crippen LogP contribution in [-0.2, 0) is 9.59 Å². The molecule has 0 bridgehead atoms. The van der Waals surface area contributed by atoms with E-state index in [1.807, 2.05) is 30.3 Å². The number of hydrogen-bond acceptors (Lipinski definition) is 3. The number of hydrogen-bond donors (Lipinski definition) is 0. The molecule has 2 unspecified atom stereocenters. The van der Waals surface area contributed by atoms with Crippen molar-refractivity contribution in [2.24, 2.45) is 5.92 Å². The van der Waals surface area contributed by atoms with Gasteiger partial charge in [-0.2, -0.15) is 5.26 Å². The summed E-state index contributed by atoms with van der Waals surface area (Å²) in [5, 5.41) is 9.18. The highest BCUT2D eigenvalue weighted by molar-refractivity contribution is 6.03. The molecule has 1 aliphatic rings. The molecule has 4 heteroatoms. The standard InChI is InChI=1S/C14H14N2O2/c1-10-7-13(17)16(14(10)18)9-12(8-15)11-5-3-2-4-6-11/h2-6,10,12H,7,9H2,1H3. The molecule has 0 spiro atoms. The lowest BCUT2D eigenvalue weighted by atomic mass is 10.0. The number of carbonyl (C=O) groups excluding carboxylic acids is 2. The van der Waals surface area contributed by atoms with Crippen molar-refractivity contribution < 1.29 is 9.59 Å². The van der Waals surface area contributed by atoms with Gasteiger partial charge in [-0.3, -0.25) is 14.5 Å². The highest BCUT2D eigenvalue weighted by Gasteiger charge is 2.36. The van der Waals surface area contributed by atoms with Crippen molar-refractivity contribution in [2.75, 3.05) is 6.54 Å². The summed E-state index contributed by atoms with van der Waals surface area (Å²) < 4.78 is 0. The Morgan fingerprint density at radius 2 is 2.06 bits per heavy atom. The molecule has 4 nitrogen and oxygen atoms in total. The fourth-order valence-electron chi connectivity index (χ4n) is 2.13. The second kappa shape index (κ2) is 5.01. The Morgan fingerprint density at radius 3 is 2.56 bits per heavy atom. The summed E-state index contributed by atoms with van der Waals surface area (Å²) in [6.07, 6.45) is 0.256. The first-order valence-corrected chi connectivity index (χ1v) is 5.92. The van der Waals surface area contributed by atoms with Crippen molar-refractivity contribution in [2.45, 2.75) is 19.3 Å². The third-order valence-electron chi connectivity index (χ3n) is 3.19. The van der Waals surface area contributed by atoms with E-state index >= 15 is 0 Å². The maximum Gasteiger partial charge on any atom is 0.232 e. The molecule has 0 saturated carbocycles. The lowest BCUT2D eigenvalue weighted by Crippen LogP contribution is -2.34. The Labute approximate surface area is 106 Å². The molecule has 2 atom stereocenters. The number of amides is 2. The van der Waals surface area contributed by atoms with E-state index in [9.17, 15) is 14.9 Å². The number of nitriles is 1. The van der Waals surface area contributed by atoms with E-state index in [1.165, 1.54) is 4.90 Å². The topological polar surface area (TPSA) is 61.2 Å². The summed E-state index contributed by atoms with van der Waals surface area (Å²) in [4.78, 5) is 24.7. The van der Waals surface area contributed by atoms with E-state index in [0.29, 0.717) is 0 Å². The van der Waals surface area contributed by atoms with Crippen molar-refractivity contribution in [3.8, 4) is 6.07 Å². The van der Waals surface area contributed by atoms with E-state index in [2.05, 4.69) is 6.07 Å². The van der Waals surface area contributed by atoms with E-state index < -0.39 is 5.92 Å². The average Bonchev–Trinajstić information content (AvgIpc) is 2.62. The fraction of sp³-hybridized carbons (Fsp3) is 0.357. The molecule has 1 aromatic carbocycles. The summed E-state index contributed by atoms with van der Waals surface area (Å²) in [7, 11) is 0. The zero-order valence-corrected chi connectivity index (χ0v) is 10.2. The predicted molar refractivity (Wildman–Crippen MR) is 65.3 cm³/mol. The minimum Gasteiger partial charge on any atom is -0.281 e. The van der Waals surface area contributed by atoms with Crippen LogP contribution in [0.3, 0.4) is 0 Å². The third-order valence-corrected chi connectivity index (χ3v) is 3.19. The molecule has 1 heterocycles. The largest absolute Gasteiger partial charge is 0.281 e. The van der Waals surface area contributed by atoms with Gasteiger partial charge in [0.05, 0.1) is 12.0 Å². The Morgan fingerprint density at radius 1 is 1.39 bits per heavy atom. The van der Waals surface area contributed by atoms with Gasteiger partial charge in [0, 0.05) is 18.9 Å². The number of benzene rings is 1. The first-order chi connectivity index (χ1) is 8.63. The molecule has 1 aliphatic heterocycles. The van der Waals surface area contributed by atoms with Gasteiger partial charge in [0.1, 0.15) is 0 Å². The number of carbonyl (C=O) groups is 2. The van der Waals surface area contributed by atoms with Crippen LogP contribution < -0.4 is 0 Å². The zero-order valence-electron chi connectivity index (χ0n) is 10.2. The SMILES string of the molecule is CC1CC(=O)N(CC(C#N)c2ccccc2)C1=O. The Kier molecular flexibility index (Phi) is 3.42. The number of nitrogens with zero attached hydrogens (tertiary/aromatic N) is 2. The number of rotatable bonds is 3. The second-order valence-electron chi connectivity index (χ2n) is 4.54. The quantitative estimate of drug-likeness (QED) is 0.758. The number of likely N-dealkylation sites (tertiary alicyclic amines) is 1. The minimum atomic E-state index is -0.454. The van der Waals surface area contributed by atoms with Gasteiger partial charge in [-0.1, -0.05) is 37.3 Å². The second-order valence-corrected chi connectivity index (χ2v) is 4.54. The lowest BCUT2D eigenvalue weighted by molar-refractivity contribution is -0.139. The first-order valence-electron chi connectivity index (χ1n) is 5.92. The van der Waals surface area contributed by atoms with Gasteiger partial charge in [0.2, 0.25) is 11.8 Å². The monoisotopic (exact) mass is 242 g/mol. The molecule has 1 saturated heterocycles. The van der Waals surface area contributed by atoms with Crippen molar-refractivity contribution in [1.29, 1.82) is 5.26 Å². The van der Waals surface area contributed by atoms with Crippen LogP contribution in [0.2, 0.25) is 0 Å². The van der Waals surface area contributed by atoms with Gasteiger partial charge < -0.3 is 0 Å². The van der Waals surface area contributed by atoms with Gasteiger partial charge in [0.15, 0.2) is 0 Å². The van der Waals surface area contributed by atoms with Crippen LogP contribution in [0.1, 0.15) is 24.8 Å². The van der Waals surface area contributed by atoms with Crippen molar-refractivity contribution in [3.05, 3.63) is 35.9 Å². The molecule has 0 N–H and O–H groups in total.